The Hall–Kier alpha value is -1.74. The molecule has 2 aromatic rings. The molecule has 0 saturated heterocycles. The third-order valence-corrected chi connectivity index (χ3v) is 3.67. The second kappa shape index (κ2) is 9.31. The lowest BCUT2D eigenvalue weighted by atomic mass is 10.1. The zero-order valence-electron chi connectivity index (χ0n) is 13.8. The molecular weight excluding hydrogens is 272 g/mol. The van der Waals surface area contributed by atoms with E-state index in [9.17, 15) is 0 Å². The van der Waals surface area contributed by atoms with Crippen LogP contribution in [0.1, 0.15) is 37.0 Å². The van der Waals surface area contributed by atoms with Crippen molar-refractivity contribution in [3.8, 4) is 0 Å². The summed E-state index contributed by atoms with van der Waals surface area (Å²) in [5, 5.41) is 3.36. The van der Waals surface area contributed by atoms with E-state index in [4.69, 9.17) is 4.42 Å². The first-order valence-corrected chi connectivity index (χ1v) is 8.25. The summed E-state index contributed by atoms with van der Waals surface area (Å²) >= 11 is 0. The van der Waals surface area contributed by atoms with Crippen LogP contribution < -0.4 is 5.32 Å². The van der Waals surface area contributed by atoms with Crippen molar-refractivity contribution in [2.75, 3.05) is 26.0 Å². The van der Waals surface area contributed by atoms with Crippen LogP contribution in [-0.2, 0) is 13.0 Å². The van der Waals surface area contributed by atoms with E-state index in [-0.39, 0.29) is 0 Å². The van der Waals surface area contributed by atoms with Crippen molar-refractivity contribution in [3.05, 3.63) is 53.8 Å². The van der Waals surface area contributed by atoms with Crippen molar-refractivity contribution in [3.63, 3.8) is 0 Å². The van der Waals surface area contributed by atoms with Crippen LogP contribution in [-0.4, -0.2) is 25.5 Å². The Morgan fingerprint density at radius 3 is 2.45 bits per heavy atom. The van der Waals surface area contributed by atoms with E-state index in [2.05, 4.69) is 40.5 Å². The van der Waals surface area contributed by atoms with Gasteiger partial charge in [0, 0.05) is 12.6 Å². The molecule has 3 nitrogen and oxygen atoms in total. The normalized spacial score (nSPS) is 11.0. The van der Waals surface area contributed by atoms with E-state index in [0.717, 1.165) is 24.7 Å². The van der Waals surface area contributed by atoms with Crippen molar-refractivity contribution < 1.29 is 4.42 Å². The summed E-state index contributed by atoms with van der Waals surface area (Å²) in [6.45, 7) is 1.83. The SMILES string of the molecule is CN(C)Cc1ccc(NCCCCCCc2ccccc2)o1. The largest absolute Gasteiger partial charge is 0.444 e. The minimum atomic E-state index is 0.848. The summed E-state index contributed by atoms with van der Waals surface area (Å²) in [6.07, 6.45) is 6.22. The van der Waals surface area contributed by atoms with Crippen LogP contribution in [0, 0.1) is 0 Å². The number of hydrogen-bond acceptors (Lipinski definition) is 3. The number of benzene rings is 1. The fourth-order valence-corrected chi connectivity index (χ4v) is 2.53. The molecule has 1 heterocycles. The van der Waals surface area contributed by atoms with E-state index in [0.29, 0.717) is 0 Å². The monoisotopic (exact) mass is 300 g/mol. The third kappa shape index (κ3) is 6.35. The van der Waals surface area contributed by atoms with Crippen LogP contribution in [0.3, 0.4) is 0 Å². The lowest BCUT2D eigenvalue weighted by molar-refractivity contribution is 0.353. The molecule has 0 unspecified atom stereocenters. The molecular formula is C19H28N2O. The summed E-state index contributed by atoms with van der Waals surface area (Å²) in [4.78, 5) is 2.11. The first kappa shape index (κ1) is 16.6. The molecule has 1 aromatic heterocycles. The summed E-state index contributed by atoms with van der Waals surface area (Å²) in [5.41, 5.74) is 1.45. The van der Waals surface area contributed by atoms with Gasteiger partial charge >= 0.3 is 0 Å². The van der Waals surface area contributed by atoms with Crippen molar-refractivity contribution in [1.82, 2.24) is 4.90 Å². The summed E-state index contributed by atoms with van der Waals surface area (Å²) in [5.74, 6) is 1.90. The maximum Gasteiger partial charge on any atom is 0.193 e. The average molecular weight is 300 g/mol. The maximum atomic E-state index is 5.73. The van der Waals surface area contributed by atoms with Gasteiger partial charge in [0.2, 0.25) is 0 Å². The van der Waals surface area contributed by atoms with E-state index >= 15 is 0 Å². The molecule has 0 radical (unpaired) electrons. The van der Waals surface area contributed by atoms with Crippen LogP contribution in [0.2, 0.25) is 0 Å². The van der Waals surface area contributed by atoms with Crippen molar-refractivity contribution in [2.45, 2.75) is 38.6 Å². The highest BCUT2D eigenvalue weighted by molar-refractivity contribution is 5.31. The van der Waals surface area contributed by atoms with Gasteiger partial charge in [-0.1, -0.05) is 43.2 Å². The highest BCUT2D eigenvalue weighted by Gasteiger charge is 2.02. The Balaban J connectivity index is 1.51. The Morgan fingerprint density at radius 2 is 1.68 bits per heavy atom. The highest BCUT2D eigenvalue weighted by Crippen LogP contribution is 2.15. The summed E-state index contributed by atoms with van der Waals surface area (Å²) < 4.78 is 5.73. The fraction of sp³-hybridized carbons (Fsp3) is 0.474. The predicted molar refractivity (Wildman–Crippen MR) is 93.2 cm³/mol. The van der Waals surface area contributed by atoms with E-state index < -0.39 is 0 Å². The number of anilines is 1. The molecule has 0 aliphatic carbocycles. The van der Waals surface area contributed by atoms with E-state index in [1.165, 1.54) is 37.7 Å². The van der Waals surface area contributed by atoms with Gasteiger partial charge < -0.3 is 14.6 Å². The molecule has 0 spiro atoms. The predicted octanol–water partition coefficient (Wildman–Crippen LogP) is 4.56. The molecule has 2 rings (SSSR count). The zero-order chi connectivity index (χ0) is 15.6. The van der Waals surface area contributed by atoms with Crippen LogP contribution in [0.4, 0.5) is 5.88 Å². The topological polar surface area (TPSA) is 28.4 Å². The number of furan rings is 1. The highest BCUT2D eigenvalue weighted by atomic mass is 16.4. The van der Waals surface area contributed by atoms with Crippen molar-refractivity contribution in [2.24, 2.45) is 0 Å². The smallest absolute Gasteiger partial charge is 0.193 e. The molecule has 0 atom stereocenters. The average Bonchev–Trinajstić information content (AvgIpc) is 2.94. The molecule has 1 aromatic carbocycles. The Kier molecular flexibility index (Phi) is 7.04. The molecule has 1 N–H and O–H groups in total. The van der Waals surface area contributed by atoms with Gasteiger partial charge in [0.05, 0.1) is 6.54 Å². The second-order valence-electron chi connectivity index (χ2n) is 6.08. The van der Waals surface area contributed by atoms with Gasteiger partial charge in [-0.15, -0.1) is 0 Å². The van der Waals surface area contributed by atoms with Gasteiger partial charge in [0.25, 0.3) is 0 Å². The molecule has 0 saturated carbocycles. The second-order valence-corrected chi connectivity index (χ2v) is 6.08. The minimum absolute atomic E-state index is 0.848. The van der Waals surface area contributed by atoms with Crippen LogP contribution in [0.5, 0.6) is 0 Å². The van der Waals surface area contributed by atoms with Gasteiger partial charge in [-0.25, -0.2) is 0 Å². The lowest BCUT2D eigenvalue weighted by Crippen LogP contribution is -2.09. The third-order valence-electron chi connectivity index (χ3n) is 3.67. The first-order chi connectivity index (χ1) is 10.7. The van der Waals surface area contributed by atoms with Crippen molar-refractivity contribution in [1.29, 1.82) is 0 Å². The number of aryl methyl sites for hydroxylation is 1. The molecule has 0 amide bonds. The Labute approximate surface area is 134 Å². The van der Waals surface area contributed by atoms with Gasteiger partial charge in [-0.05, 0) is 45.0 Å². The molecule has 0 fully saturated rings. The number of rotatable bonds is 10. The standard InChI is InChI=1S/C19H28N2O/c1-21(2)16-18-13-14-19(22-18)20-15-9-4-3-6-10-17-11-7-5-8-12-17/h5,7-8,11-14,20H,3-4,6,9-10,15-16H2,1-2H3. The van der Waals surface area contributed by atoms with E-state index in [1.807, 2.05) is 26.2 Å². The maximum absolute atomic E-state index is 5.73. The molecule has 22 heavy (non-hydrogen) atoms. The van der Waals surface area contributed by atoms with Crippen LogP contribution in [0.15, 0.2) is 46.9 Å². The van der Waals surface area contributed by atoms with Gasteiger partial charge in [0.15, 0.2) is 5.88 Å². The van der Waals surface area contributed by atoms with Gasteiger partial charge in [0.1, 0.15) is 5.76 Å². The quantitative estimate of drug-likeness (QED) is 0.652. The molecule has 3 heteroatoms. The summed E-state index contributed by atoms with van der Waals surface area (Å²) in [7, 11) is 4.09. The Bertz CT molecular complexity index is 519. The molecule has 120 valence electrons. The lowest BCUT2D eigenvalue weighted by Gasteiger charge is -2.06. The van der Waals surface area contributed by atoms with Gasteiger partial charge in [-0.3, -0.25) is 0 Å². The molecule has 0 aliphatic rings. The fourth-order valence-electron chi connectivity index (χ4n) is 2.53. The zero-order valence-corrected chi connectivity index (χ0v) is 13.8. The Morgan fingerprint density at radius 1 is 0.909 bits per heavy atom. The number of nitrogens with zero attached hydrogens (tertiary/aromatic N) is 1. The first-order valence-electron chi connectivity index (χ1n) is 8.25. The molecule has 0 bridgehead atoms. The molecule has 0 aliphatic heterocycles. The van der Waals surface area contributed by atoms with E-state index in [1.54, 1.807) is 0 Å². The van der Waals surface area contributed by atoms with Gasteiger partial charge in [-0.2, -0.15) is 0 Å². The number of nitrogens with one attached hydrogen (secondary N) is 1. The number of unbranched alkanes of at least 4 members (excludes halogenated alkanes) is 3. The van der Waals surface area contributed by atoms with Crippen molar-refractivity contribution >= 4 is 5.88 Å². The van der Waals surface area contributed by atoms with Crippen LogP contribution in [0.25, 0.3) is 0 Å². The number of hydrogen-bond donors (Lipinski definition) is 1. The minimum Gasteiger partial charge on any atom is -0.444 e. The summed E-state index contributed by atoms with van der Waals surface area (Å²) in [6, 6.07) is 14.8. The van der Waals surface area contributed by atoms with Crippen LogP contribution >= 0.6 is 0 Å².